The number of aromatic nitrogens is 4. The SMILES string of the molecule is CC(=O)N1CCc2c(c(N3CCCc4cc(-c5cn(C)c6ccncc56)c(C(F)F)cc43)nn2C2CCN(C=O)CC2)C1. The molecule has 0 saturated carbocycles. The first-order chi connectivity index (χ1) is 20.8. The molecule has 9 nitrogen and oxygen atoms in total. The number of halogens is 2. The largest absolute Gasteiger partial charge is 0.350 e. The van der Waals surface area contributed by atoms with Crippen molar-refractivity contribution < 1.29 is 18.4 Å². The zero-order valence-corrected chi connectivity index (χ0v) is 24.5. The van der Waals surface area contributed by atoms with Gasteiger partial charge in [0.15, 0.2) is 5.82 Å². The van der Waals surface area contributed by atoms with Crippen LogP contribution in [0.15, 0.2) is 36.8 Å². The fourth-order valence-electron chi connectivity index (χ4n) is 7.18. The fraction of sp³-hybridized carbons (Fsp3) is 0.438. The first kappa shape index (κ1) is 27.5. The van der Waals surface area contributed by atoms with Gasteiger partial charge in [0.2, 0.25) is 12.3 Å². The fourth-order valence-corrected chi connectivity index (χ4v) is 7.18. The smallest absolute Gasteiger partial charge is 0.264 e. The summed E-state index contributed by atoms with van der Waals surface area (Å²) in [6, 6.07) is 5.63. The molecule has 4 aromatic rings. The molecule has 6 heterocycles. The summed E-state index contributed by atoms with van der Waals surface area (Å²) < 4.78 is 33.7. The van der Waals surface area contributed by atoms with Crippen LogP contribution in [0.1, 0.15) is 61.0 Å². The van der Waals surface area contributed by atoms with E-state index >= 15 is 0 Å². The van der Waals surface area contributed by atoms with Crippen LogP contribution in [0.4, 0.5) is 20.3 Å². The van der Waals surface area contributed by atoms with Gasteiger partial charge in [-0.25, -0.2) is 8.78 Å². The summed E-state index contributed by atoms with van der Waals surface area (Å²) in [5, 5.41) is 6.03. The molecular weight excluding hydrogens is 552 g/mol. The summed E-state index contributed by atoms with van der Waals surface area (Å²) in [6.45, 7) is 4.65. The van der Waals surface area contributed by atoms with E-state index in [2.05, 4.69) is 14.6 Å². The van der Waals surface area contributed by atoms with E-state index in [1.165, 1.54) is 0 Å². The molecule has 2 amide bonds. The standard InChI is InChI=1S/C32H35F2N7O2/c1-20(43)39-13-8-29-27(18-39)32(36-41(29)22-6-11-38(19-42)12-7-22)40-10-3-4-21-14-23(24(31(33)34)15-30(21)40)26-17-37(2)28-5-9-35-16-25(26)28/h5,9,14-17,19,22,31H,3-4,6-8,10-13,18H2,1-2H3. The number of fused-ring (bicyclic) bond motifs is 3. The van der Waals surface area contributed by atoms with Crippen LogP contribution >= 0.6 is 0 Å². The number of hydrogen-bond acceptors (Lipinski definition) is 5. The Bertz CT molecular complexity index is 1720. The number of amides is 2. The Balaban J connectivity index is 1.34. The Morgan fingerprint density at radius 2 is 1.91 bits per heavy atom. The lowest BCUT2D eigenvalue weighted by molar-refractivity contribution is -0.129. The highest BCUT2D eigenvalue weighted by Crippen LogP contribution is 2.45. The number of carbonyl (C=O) groups is 2. The van der Waals surface area contributed by atoms with Gasteiger partial charge < -0.3 is 19.3 Å². The number of alkyl halides is 2. The second kappa shape index (κ2) is 10.8. The molecule has 3 aromatic heterocycles. The Kier molecular flexibility index (Phi) is 6.90. The van der Waals surface area contributed by atoms with Crippen LogP contribution in [0.2, 0.25) is 0 Å². The van der Waals surface area contributed by atoms with Gasteiger partial charge in [0.25, 0.3) is 6.43 Å². The predicted molar refractivity (Wildman–Crippen MR) is 159 cm³/mol. The van der Waals surface area contributed by atoms with E-state index in [0.29, 0.717) is 44.7 Å². The maximum Gasteiger partial charge on any atom is 0.264 e. The van der Waals surface area contributed by atoms with E-state index in [4.69, 9.17) is 5.10 Å². The third-order valence-corrected chi connectivity index (χ3v) is 9.45. The molecule has 0 unspecified atom stereocenters. The molecule has 7 rings (SSSR count). The number of piperidine rings is 1. The molecule has 11 heteroatoms. The molecule has 43 heavy (non-hydrogen) atoms. The topological polar surface area (TPSA) is 79.5 Å². The lowest BCUT2D eigenvalue weighted by atomic mass is 9.91. The molecule has 3 aliphatic heterocycles. The number of hydrogen-bond donors (Lipinski definition) is 0. The summed E-state index contributed by atoms with van der Waals surface area (Å²) in [7, 11) is 1.92. The number of rotatable bonds is 5. The second-order valence-electron chi connectivity index (χ2n) is 11.9. The minimum Gasteiger partial charge on any atom is -0.350 e. The van der Waals surface area contributed by atoms with Crippen molar-refractivity contribution in [3.8, 4) is 11.1 Å². The van der Waals surface area contributed by atoms with E-state index in [1.54, 1.807) is 30.3 Å². The number of likely N-dealkylation sites (tertiary alicyclic amines) is 1. The molecule has 0 aliphatic carbocycles. The molecule has 1 aromatic carbocycles. The minimum atomic E-state index is -2.67. The molecule has 0 atom stereocenters. The molecule has 0 radical (unpaired) electrons. The lowest BCUT2D eigenvalue weighted by Crippen LogP contribution is -2.37. The quantitative estimate of drug-likeness (QED) is 0.302. The van der Waals surface area contributed by atoms with Gasteiger partial charge in [0.1, 0.15) is 0 Å². The van der Waals surface area contributed by atoms with E-state index < -0.39 is 6.43 Å². The Morgan fingerprint density at radius 1 is 1.09 bits per heavy atom. The van der Waals surface area contributed by atoms with Crippen LogP contribution in [0.25, 0.3) is 22.0 Å². The maximum absolute atomic E-state index is 14.8. The minimum absolute atomic E-state index is 0.0110. The summed E-state index contributed by atoms with van der Waals surface area (Å²) in [6.07, 6.45) is 7.52. The lowest BCUT2D eigenvalue weighted by Gasteiger charge is -2.33. The molecule has 0 N–H and O–H groups in total. The van der Waals surface area contributed by atoms with E-state index in [9.17, 15) is 18.4 Å². The first-order valence-electron chi connectivity index (χ1n) is 15.0. The monoisotopic (exact) mass is 587 g/mol. The number of aryl methyl sites for hydroxylation is 2. The average Bonchev–Trinajstić information content (AvgIpc) is 3.57. The van der Waals surface area contributed by atoms with E-state index in [-0.39, 0.29) is 17.5 Å². The van der Waals surface area contributed by atoms with Crippen molar-refractivity contribution in [3.05, 3.63) is 59.2 Å². The van der Waals surface area contributed by atoms with Gasteiger partial charge in [-0.3, -0.25) is 19.3 Å². The van der Waals surface area contributed by atoms with Crippen LogP contribution in [-0.4, -0.2) is 67.6 Å². The van der Waals surface area contributed by atoms with Crippen molar-refractivity contribution in [2.24, 2.45) is 7.05 Å². The van der Waals surface area contributed by atoms with Gasteiger partial charge in [0, 0.05) is 98.6 Å². The molecule has 1 fully saturated rings. The highest BCUT2D eigenvalue weighted by Gasteiger charge is 2.34. The van der Waals surface area contributed by atoms with Crippen molar-refractivity contribution in [1.82, 2.24) is 29.1 Å². The Labute approximate surface area is 248 Å². The normalized spacial score (nSPS) is 17.5. The van der Waals surface area contributed by atoms with Gasteiger partial charge in [-0.2, -0.15) is 5.10 Å². The Hall–Kier alpha value is -4.28. The summed E-state index contributed by atoms with van der Waals surface area (Å²) in [5.74, 6) is 0.763. The van der Waals surface area contributed by atoms with Crippen LogP contribution in [0.3, 0.4) is 0 Å². The number of pyridine rings is 1. The molecule has 224 valence electrons. The summed E-state index contributed by atoms with van der Waals surface area (Å²) in [5.41, 5.74) is 6.08. The molecule has 0 spiro atoms. The van der Waals surface area contributed by atoms with Crippen molar-refractivity contribution in [1.29, 1.82) is 0 Å². The van der Waals surface area contributed by atoms with E-state index in [1.807, 2.05) is 34.8 Å². The number of carbonyl (C=O) groups excluding carboxylic acids is 2. The first-order valence-corrected chi connectivity index (χ1v) is 15.0. The van der Waals surface area contributed by atoms with Crippen LogP contribution in [0.5, 0.6) is 0 Å². The third kappa shape index (κ3) is 4.65. The van der Waals surface area contributed by atoms with Gasteiger partial charge in [0.05, 0.1) is 18.1 Å². The third-order valence-electron chi connectivity index (χ3n) is 9.45. The van der Waals surface area contributed by atoms with Crippen LogP contribution < -0.4 is 4.90 Å². The molecule has 3 aliphatic rings. The van der Waals surface area contributed by atoms with Gasteiger partial charge in [-0.15, -0.1) is 0 Å². The van der Waals surface area contributed by atoms with Crippen LogP contribution in [-0.2, 0) is 36.0 Å². The van der Waals surface area contributed by atoms with E-state index in [0.717, 1.165) is 76.9 Å². The zero-order chi connectivity index (χ0) is 29.8. The van der Waals surface area contributed by atoms with Crippen molar-refractivity contribution in [2.75, 3.05) is 31.1 Å². The Morgan fingerprint density at radius 3 is 2.65 bits per heavy atom. The van der Waals surface area contributed by atoms with Crippen molar-refractivity contribution >= 4 is 34.7 Å². The van der Waals surface area contributed by atoms with Gasteiger partial charge in [-0.05, 0) is 55.0 Å². The van der Waals surface area contributed by atoms with Gasteiger partial charge >= 0.3 is 0 Å². The summed E-state index contributed by atoms with van der Waals surface area (Å²) in [4.78, 5) is 33.7. The summed E-state index contributed by atoms with van der Waals surface area (Å²) >= 11 is 0. The molecular formula is C32H35F2N7O2. The second-order valence-corrected chi connectivity index (χ2v) is 11.9. The van der Waals surface area contributed by atoms with Gasteiger partial charge in [-0.1, -0.05) is 0 Å². The van der Waals surface area contributed by atoms with Crippen molar-refractivity contribution in [3.63, 3.8) is 0 Å². The maximum atomic E-state index is 14.8. The highest BCUT2D eigenvalue weighted by atomic mass is 19.3. The predicted octanol–water partition coefficient (Wildman–Crippen LogP) is 5.16. The molecule has 1 saturated heterocycles. The van der Waals surface area contributed by atoms with Crippen molar-refractivity contribution in [2.45, 2.75) is 58.0 Å². The number of benzene rings is 1. The zero-order valence-electron chi connectivity index (χ0n) is 24.5. The highest BCUT2D eigenvalue weighted by molar-refractivity contribution is 5.97. The average molecular weight is 588 g/mol. The number of nitrogens with zero attached hydrogens (tertiary/aromatic N) is 7. The van der Waals surface area contributed by atoms with Crippen LogP contribution in [0, 0.1) is 0 Å². The number of anilines is 2. The molecule has 0 bridgehead atoms.